The maximum Gasteiger partial charge on any atom is 0.306 e. The van der Waals surface area contributed by atoms with Gasteiger partial charge in [-0.25, -0.2) is 0 Å². The second kappa shape index (κ2) is 6.64. The van der Waals surface area contributed by atoms with E-state index in [1.807, 2.05) is 0 Å². The van der Waals surface area contributed by atoms with Crippen LogP contribution in [-0.2, 0) is 9.53 Å². The molecular weight excluding hydrogens is 226 g/mol. The number of nitrogens with one attached hydrogen (secondary N) is 1. The van der Waals surface area contributed by atoms with Gasteiger partial charge in [0.2, 0.25) is 5.88 Å². The van der Waals surface area contributed by atoms with Crippen LogP contribution in [0.25, 0.3) is 0 Å². The van der Waals surface area contributed by atoms with E-state index in [1.54, 1.807) is 0 Å². The summed E-state index contributed by atoms with van der Waals surface area (Å²) in [4.78, 5) is 18.5. The molecule has 1 aromatic rings. The monoisotopic (exact) mass is 241 g/mol. The quantitative estimate of drug-likeness (QED) is 0.713. The second-order valence-electron chi connectivity index (χ2n) is 3.28. The number of methoxy groups -OCH3 is 2. The highest BCUT2D eigenvalue weighted by atomic mass is 16.5. The molecule has 0 saturated carbocycles. The van der Waals surface area contributed by atoms with Crippen LogP contribution in [0.4, 0.5) is 5.82 Å². The molecule has 0 spiro atoms. The normalized spacial score (nSPS) is 11.9. The third-order valence-electron chi connectivity index (χ3n) is 2.07. The van der Waals surface area contributed by atoms with Gasteiger partial charge in [-0.15, -0.1) is 0 Å². The minimum absolute atomic E-state index is 0.0686. The number of rotatable bonds is 7. The van der Waals surface area contributed by atoms with E-state index in [0.717, 1.165) is 0 Å². The largest absolute Gasteiger partial charge is 0.481 e. The number of carboxylic acid groups (broad SMARTS) is 1. The van der Waals surface area contributed by atoms with Gasteiger partial charge < -0.3 is 19.9 Å². The Balaban J connectivity index is 2.50. The second-order valence-corrected chi connectivity index (χ2v) is 3.28. The van der Waals surface area contributed by atoms with E-state index in [4.69, 9.17) is 14.6 Å². The van der Waals surface area contributed by atoms with Crippen molar-refractivity contribution in [2.24, 2.45) is 0 Å². The molecule has 0 fully saturated rings. The Morgan fingerprint density at radius 2 is 2.29 bits per heavy atom. The predicted octanol–water partition coefficient (Wildman–Crippen LogP) is 0.387. The van der Waals surface area contributed by atoms with Crippen molar-refractivity contribution in [2.75, 3.05) is 26.1 Å². The zero-order valence-corrected chi connectivity index (χ0v) is 9.71. The van der Waals surface area contributed by atoms with Crippen LogP contribution >= 0.6 is 0 Å². The van der Waals surface area contributed by atoms with Crippen LogP contribution in [0.3, 0.4) is 0 Å². The Bertz CT molecular complexity index is 372. The molecule has 1 unspecified atom stereocenters. The third kappa shape index (κ3) is 4.64. The zero-order chi connectivity index (χ0) is 12.7. The van der Waals surface area contributed by atoms with E-state index in [0.29, 0.717) is 18.2 Å². The molecule has 94 valence electrons. The number of hydrogen-bond acceptors (Lipinski definition) is 6. The fraction of sp³-hybridized carbons (Fsp3) is 0.500. The van der Waals surface area contributed by atoms with Crippen molar-refractivity contribution in [3.8, 4) is 5.88 Å². The van der Waals surface area contributed by atoms with Crippen LogP contribution in [0, 0.1) is 0 Å². The van der Waals surface area contributed by atoms with Crippen molar-refractivity contribution >= 4 is 11.8 Å². The minimum atomic E-state index is -0.907. The van der Waals surface area contributed by atoms with Crippen molar-refractivity contribution in [3.05, 3.63) is 12.4 Å². The molecule has 0 bridgehead atoms. The Morgan fingerprint density at radius 1 is 1.53 bits per heavy atom. The highest BCUT2D eigenvalue weighted by Gasteiger charge is 2.12. The lowest BCUT2D eigenvalue weighted by molar-refractivity contribution is -0.139. The SMILES string of the molecule is COc1cncc(NCC(CC(=O)O)OC)n1. The molecule has 1 atom stereocenters. The first-order chi connectivity index (χ1) is 8.15. The van der Waals surface area contributed by atoms with Gasteiger partial charge in [-0.2, -0.15) is 4.98 Å². The standard InChI is InChI=1S/C10H15N3O4/c1-16-7(3-10(14)15)4-12-8-5-11-6-9(13-8)17-2/h5-7H,3-4H2,1-2H3,(H,12,13)(H,14,15). The first-order valence-corrected chi connectivity index (χ1v) is 5.00. The summed E-state index contributed by atoms with van der Waals surface area (Å²) in [7, 11) is 2.96. The molecule has 0 aliphatic heterocycles. The van der Waals surface area contributed by atoms with Crippen LogP contribution in [0.5, 0.6) is 5.88 Å². The van der Waals surface area contributed by atoms with Gasteiger partial charge >= 0.3 is 5.97 Å². The van der Waals surface area contributed by atoms with Crippen molar-refractivity contribution in [1.29, 1.82) is 0 Å². The molecular formula is C10H15N3O4. The molecule has 0 amide bonds. The summed E-state index contributed by atoms with van der Waals surface area (Å²) in [5.74, 6) is -0.00522. The van der Waals surface area contributed by atoms with Gasteiger partial charge in [-0.3, -0.25) is 9.78 Å². The highest BCUT2D eigenvalue weighted by molar-refractivity contribution is 5.67. The molecule has 2 N–H and O–H groups in total. The molecule has 17 heavy (non-hydrogen) atoms. The lowest BCUT2D eigenvalue weighted by atomic mass is 10.2. The summed E-state index contributed by atoms with van der Waals surface area (Å²) < 4.78 is 9.93. The van der Waals surface area contributed by atoms with Gasteiger partial charge in [0, 0.05) is 13.7 Å². The van der Waals surface area contributed by atoms with Gasteiger partial charge in [0.25, 0.3) is 0 Å². The average molecular weight is 241 g/mol. The Hall–Kier alpha value is -1.89. The maximum absolute atomic E-state index is 10.5. The van der Waals surface area contributed by atoms with Crippen LogP contribution in [0.15, 0.2) is 12.4 Å². The highest BCUT2D eigenvalue weighted by Crippen LogP contribution is 2.08. The smallest absolute Gasteiger partial charge is 0.306 e. The van der Waals surface area contributed by atoms with Gasteiger partial charge in [0.05, 0.1) is 32.0 Å². The molecule has 0 saturated heterocycles. The van der Waals surface area contributed by atoms with E-state index in [2.05, 4.69) is 15.3 Å². The topological polar surface area (TPSA) is 93.6 Å². The third-order valence-corrected chi connectivity index (χ3v) is 2.07. The summed E-state index contributed by atoms with van der Waals surface area (Å²) in [6.07, 6.45) is 2.52. The van der Waals surface area contributed by atoms with Gasteiger partial charge in [-0.05, 0) is 0 Å². The first kappa shape index (κ1) is 13.2. The fourth-order valence-electron chi connectivity index (χ4n) is 1.18. The summed E-state index contributed by atoms with van der Waals surface area (Å²) in [5.41, 5.74) is 0. The Labute approximate surface area is 98.8 Å². The molecule has 1 rings (SSSR count). The van der Waals surface area contributed by atoms with Gasteiger partial charge in [0.15, 0.2) is 0 Å². The number of nitrogens with zero attached hydrogens (tertiary/aromatic N) is 2. The summed E-state index contributed by atoms with van der Waals surface area (Å²) in [5, 5.41) is 11.6. The number of ether oxygens (including phenoxy) is 2. The Kier molecular flexibility index (Phi) is 5.15. The van der Waals surface area contributed by atoms with Crippen molar-refractivity contribution in [3.63, 3.8) is 0 Å². The van der Waals surface area contributed by atoms with Crippen LogP contribution in [-0.4, -0.2) is 47.9 Å². The van der Waals surface area contributed by atoms with E-state index in [-0.39, 0.29) is 6.42 Å². The van der Waals surface area contributed by atoms with Crippen molar-refractivity contribution < 1.29 is 19.4 Å². The van der Waals surface area contributed by atoms with E-state index < -0.39 is 12.1 Å². The van der Waals surface area contributed by atoms with Crippen molar-refractivity contribution in [1.82, 2.24) is 9.97 Å². The number of hydrogen-bond donors (Lipinski definition) is 2. The summed E-state index contributed by atoms with van der Waals surface area (Å²) >= 11 is 0. The average Bonchev–Trinajstić information content (AvgIpc) is 2.34. The van der Waals surface area contributed by atoms with E-state index in [9.17, 15) is 4.79 Å². The molecule has 1 aromatic heterocycles. The molecule has 0 aliphatic rings. The molecule has 7 nitrogen and oxygen atoms in total. The first-order valence-electron chi connectivity index (χ1n) is 5.00. The molecule has 0 aromatic carbocycles. The number of carboxylic acids is 1. The molecule has 1 heterocycles. The lowest BCUT2D eigenvalue weighted by Crippen LogP contribution is -2.25. The molecule has 0 radical (unpaired) electrons. The molecule has 0 aliphatic carbocycles. The zero-order valence-electron chi connectivity index (χ0n) is 9.71. The summed E-state index contributed by atoms with van der Waals surface area (Å²) in [6.45, 7) is 0.338. The van der Waals surface area contributed by atoms with E-state index >= 15 is 0 Å². The van der Waals surface area contributed by atoms with E-state index in [1.165, 1.54) is 26.6 Å². The molecule has 7 heteroatoms. The number of aromatic nitrogens is 2. The number of carbonyl (C=O) groups is 1. The lowest BCUT2D eigenvalue weighted by Gasteiger charge is -2.14. The summed E-state index contributed by atoms with van der Waals surface area (Å²) in [6, 6.07) is 0. The Morgan fingerprint density at radius 3 is 2.88 bits per heavy atom. The van der Waals surface area contributed by atoms with Gasteiger partial charge in [0.1, 0.15) is 5.82 Å². The van der Waals surface area contributed by atoms with Crippen LogP contribution in [0.2, 0.25) is 0 Å². The van der Waals surface area contributed by atoms with Gasteiger partial charge in [-0.1, -0.05) is 0 Å². The minimum Gasteiger partial charge on any atom is -0.481 e. The van der Waals surface area contributed by atoms with Crippen LogP contribution in [0.1, 0.15) is 6.42 Å². The van der Waals surface area contributed by atoms with Crippen LogP contribution < -0.4 is 10.1 Å². The maximum atomic E-state index is 10.5. The fourth-order valence-corrected chi connectivity index (χ4v) is 1.18. The number of aliphatic carboxylic acids is 1. The predicted molar refractivity (Wildman–Crippen MR) is 60.1 cm³/mol. The van der Waals surface area contributed by atoms with Crippen molar-refractivity contribution in [2.45, 2.75) is 12.5 Å². The number of anilines is 1.